The second-order valence-corrected chi connectivity index (χ2v) is 8.46. The van der Waals surface area contributed by atoms with Crippen LogP contribution in [0.3, 0.4) is 0 Å². The second kappa shape index (κ2) is 9.39. The molecule has 0 spiro atoms. The fraction of sp³-hybridized carbons (Fsp3) is 0.375. The van der Waals surface area contributed by atoms with Gasteiger partial charge >= 0.3 is 0 Å². The standard InChI is InChI=1S/C24H28N4OS/c1-17(11-12-18-8-4-2-5-9-18)25-24(30)26-19-13-14-21-20(16-19)23(29)28-15-7-3-6-10-22(28)27-21/h2,4-5,8-9,13-14,16-17H,3,6-7,10-12,15H2,1H3,(H2,25,26,30). The summed E-state index contributed by atoms with van der Waals surface area (Å²) in [5.41, 5.74) is 2.94. The molecule has 0 radical (unpaired) electrons. The zero-order valence-corrected chi connectivity index (χ0v) is 18.2. The van der Waals surface area contributed by atoms with Gasteiger partial charge in [-0.2, -0.15) is 0 Å². The minimum absolute atomic E-state index is 0.0515. The number of thiocarbonyl (C=S) groups is 1. The van der Waals surface area contributed by atoms with Crippen LogP contribution in [-0.4, -0.2) is 20.7 Å². The molecule has 1 unspecified atom stereocenters. The number of anilines is 1. The van der Waals surface area contributed by atoms with Crippen molar-refractivity contribution >= 4 is 33.9 Å². The third kappa shape index (κ3) is 4.87. The fourth-order valence-electron chi connectivity index (χ4n) is 3.99. The van der Waals surface area contributed by atoms with Crippen LogP contribution in [-0.2, 0) is 19.4 Å². The Labute approximate surface area is 182 Å². The number of nitrogens with one attached hydrogen (secondary N) is 2. The van der Waals surface area contributed by atoms with E-state index < -0.39 is 0 Å². The highest BCUT2D eigenvalue weighted by Gasteiger charge is 2.14. The Morgan fingerprint density at radius 3 is 2.83 bits per heavy atom. The van der Waals surface area contributed by atoms with Gasteiger partial charge in [-0.1, -0.05) is 36.8 Å². The SMILES string of the molecule is CC(CCc1ccccc1)NC(=S)Nc1ccc2nc3n(c(=O)c2c1)CCCCC3. The Bertz CT molecular complexity index is 1090. The van der Waals surface area contributed by atoms with Crippen LogP contribution in [0.2, 0.25) is 0 Å². The molecular formula is C24H28N4OS. The Kier molecular flexibility index (Phi) is 6.43. The van der Waals surface area contributed by atoms with Crippen LogP contribution < -0.4 is 16.2 Å². The number of benzene rings is 2. The first-order valence-corrected chi connectivity index (χ1v) is 11.2. The zero-order valence-electron chi connectivity index (χ0n) is 17.4. The number of hydrogen-bond donors (Lipinski definition) is 2. The number of nitrogens with zero attached hydrogens (tertiary/aromatic N) is 2. The third-order valence-corrected chi connectivity index (χ3v) is 5.88. The van der Waals surface area contributed by atoms with Gasteiger partial charge in [0.15, 0.2) is 5.11 Å². The van der Waals surface area contributed by atoms with Crippen LogP contribution in [0.15, 0.2) is 53.3 Å². The lowest BCUT2D eigenvalue weighted by atomic mass is 10.1. The molecule has 2 N–H and O–H groups in total. The van der Waals surface area contributed by atoms with Gasteiger partial charge in [0.2, 0.25) is 0 Å². The first-order valence-electron chi connectivity index (χ1n) is 10.7. The Balaban J connectivity index is 1.42. The molecule has 30 heavy (non-hydrogen) atoms. The van der Waals surface area contributed by atoms with Gasteiger partial charge in [-0.05, 0) is 68.6 Å². The van der Waals surface area contributed by atoms with Gasteiger partial charge in [-0.3, -0.25) is 9.36 Å². The van der Waals surface area contributed by atoms with E-state index in [1.165, 1.54) is 5.56 Å². The molecule has 5 nitrogen and oxygen atoms in total. The van der Waals surface area contributed by atoms with Crippen molar-refractivity contribution in [3.8, 4) is 0 Å². The average molecular weight is 421 g/mol. The topological polar surface area (TPSA) is 59.0 Å². The van der Waals surface area contributed by atoms with Gasteiger partial charge in [0.05, 0.1) is 10.9 Å². The lowest BCUT2D eigenvalue weighted by molar-refractivity contribution is 0.609. The van der Waals surface area contributed by atoms with E-state index in [9.17, 15) is 4.79 Å². The van der Waals surface area contributed by atoms with E-state index in [1.807, 2.05) is 28.8 Å². The third-order valence-electron chi connectivity index (χ3n) is 5.66. The minimum atomic E-state index is 0.0515. The number of hydrogen-bond acceptors (Lipinski definition) is 3. The molecule has 1 aliphatic rings. The molecule has 0 saturated carbocycles. The van der Waals surface area contributed by atoms with Crippen LogP contribution >= 0.6 is 12.2 Å². The van der Waals surface area contributed by atoms with E-state index in [2.05, 4.69) is 41.8 Å². The number of rotatable bonds is 5. The summed E-state index contributed by atoms with van der Waals surface area (Å²) < 4.78 is 1.85. The molecule has 0 amide bonds. The van der Waals surface area contributed by atoms with Gasteiger partial charge in [-0.15, -0.1) is 0 Å². The molecule has 0 aliphatic carbocycles. The molecule has 3 aromatic rings. The van der Waals surface area contributed by atoms with E-state index >= 15 is 0 Å². The first-order chi connectivity index (χ1) is 14.6. The van der Waals surface area contributed by atoms with Crippen molar-refractivity contribution in [2.75, 3.05) is 5.32 Å². The second-order valence-electron chi connectivity index (χ2n) is 8.05. The van der Waals surface area contributed by atoms with Gasteiger partial charge in [0, 0.05) is 24.7 Å². The average Bonchev–Trinajstić information content (AvgIpc) is 2.99. The Morgan fingerprint density at radius 1 is 1.17 bits per heavy atom. The van der Waals surface area contributed by atoms with Crippen molar-refractivity contribution in [2.45, 2.75) is 58.0 Å². The lowest BCUT2D eigenvalue weighted by Crippen LogP contribution is -2.36. The van der Waals surface area contributed by atoms with Crippen LogP contribution in [0, 0.1) is 0 Å². The maximum absolute atomic E-state index is 13.0. The molecule has 1 atom stereocenters. The van der Waals surface area contributed by atoms with Crippen LogP contribution in [0.25, 0.3) is 10.9 Å². The molecule has 1 aromatic heterocycles. The van der Waals surface area contributed by atoms with Gasteiger partial charge < -0.3 is 10.6 Å². The number of aryl methyl sites for hydroxylation is 2. The minimum Gasteiger partial charge on any atom is -0.360 e. The zero-order chi connectivity index (χ0) is 20.9. The molecule has 0 saturated heterocycles. The van der Waals surface area contributed by atoms with Crippen molar-refractivity contribution in [1.29, 1.82) is 0 Å². The number of fused-ring (bicyclic) bond motifs is 2. The largest absolute Gasteiger partial charge is 0.360 e. The van der Waals surface area contributed by atoms with Crippen LogP contribution in [0.5, 0.6) is 0 Å². The molecule has 0 fully saturated rings. The monoisotopic (exact) mass is 420 g/mol. The Hall–Kier alpha value is -2.73. The van der Waals surface area contributed by atoms with E-state index in [0.29, 0.717) is 10.5 Å². The Morgan fingerprint density at radius 2 is 2.00 bits per heavy atom. The van der Waals surface area contributed by atoms with E-state index in [1.54, 1.807) is 0 Å². The van der Waals surface area contributed by atoms with E-state index in [4.69, 9.17) is 17.2 Å². The molecule has 156 valence electrons. The summed E-state index contributed by atoms with van der Waals surface area (Å²) in [5, 5.41) is 7.78. The van der Waals surface area contributed by atoms with E-state index in [0.717, 1.165) is 62.1 Å². The molecule has 4 rings (SSSR count). The summed E-state index contributed by atoms with van der Waals surface area (Å²) in [6, 6.07) is 16.4. The first kappa shape index (κ1) is 20.5. The van der Waals surface area contributed by atoms with Crippen molar-refractivity contribution in [1.82, 2.24) is 14.9 Å². The summed E-state index contributed by atoms with van der Waals surface area (Å²) in [6.45, 7) is 2.89. The highest BCUT2D eigenvalue weighted by atomic mass is 32.1. The molecule has 2 heterocycles. The maximum atomic E-state index is 13.0. The lowest BCUT2D eigenvalue weighted by Gasteiger charge is -2.17. The maximum Gasteiger partial charge on any atom is 0.261 e. The molecular weight excluding hydrogens is 392 g/mol. The fourth-order valence-corrected chi connectivity index (χ4v) is 4.31. The van der Waals surface area contributed by atoms with E-state index in [-0.39, 0.29) is 11.6 Å². The van der Waals surface area contributed by atoms with Gasteiger partial charge in [0.1, 0.15) is 5.82 Å². The van der Waals surface area contributed by atoms with Crippen molar-refractivity contribution in [2.24, 2.45) is 0 Å². The summed E-state index contributed by atoms with van der Waals surface area (Å²) in [7, 11) is 0. The summed E-state index contributed by atoms with van der Waals surface area (Å²) >= 11 is 5.49. The molecule has 6 heteroatoms. The van der Waals surface area contributed by atoms with Crippen molar-refractivity contribution in [3.05, 3.63) is 70.3 Å². The molecule has 1 aliphatic heterocycles. The normalized spacial score (nSPS) is 14.6. The summed E-state index contributed by atoms with van der Waals surface area (Å²) in [5.74, 6) is 0.912. The highest BCUT2D eigenvalue weighted by Crippen LogP contribution is 2.18. The van der Waals surface area contributed by atoms with Gasteiger partial charge in [-0.25, -0.2) is 4.98 Å². The smallest absolute Gasteiger partial charge is 0.261 e. The highest BCUT2D eigenvalue weighted by molar-refractivity contribution is 7.80. The van der Waals surface area contributed by atoms with Crippen LogP contribution in [0.4, 0.5) is 5.69 Å². The van der Waals surface area contributed by atoms with Crippen molar-refractivity contribution in [3.63, 3.8) is 0 Å². The summed E-state index contributed by atoms with van der Waals surface area (Å²) in [6.07, 6.45) is 6.14. The summed E-state index contributed by atoms with van der Waals surface area (Å²) in [4.78, 5) is 17.8. The molecule has 2 aromatic carbocycles. The predicted octanol–water partition coefficient (Wildman–Crippen LogP) is 4.43. The quantitative estimate of drug-likeness (QED) is 0.598. The van der Waals surface area contributed by atoms with Crippen LogP contribution in [0.1, 0.15) is 44.0 Å². The van der Waals surface area contributed by atoms with Crippen molar-refractivity contribution < 1.29 is 0 Å². The molecule has 0 bridgehead atoms. The number of aromatic nitrogens is 2. The van der Waals surface area contributed by atoms with Gasteiger partial charge in [0.25, 0.3) is 5.56 Å². The predicted molar refractivity (Wildman–Crippen MR) is 127 cm³/mol.